The van der Waals surface area contributed by atoms with Crippen molar-refractivity contribution >= 4 is 5.69 Å². The van der Waals surface area contributed by atoms with Crippen LogP contribution in [-0.2, 0) is 12.7 Å². The molecule has 1 aliphatic rings. The lowest BCUT2D eigenvalue weighted by Gasteiger charge is -2.35. The molecule has 1 heterocycles. The highest BCUT2D eigenvalue weighted by Gasteiger charge is 2.34. The van der Waals surface area contributed by atoms with Gasteiger partial charge in [-0.15, -0.1) is 0 Å². The van der Waals surface area contributed by atoms with Crippen molar-refractivity contribution in [1.82, 2.24) is 9.80 Å². The molecule has 0 bridgehead atoms. The fourth-order valence-electron chi connectivity index (χ4n) is 2.72. The lowest BCUT2D eigenvalue weighted by molar-refractivity contribution is -0.138. The number of benzene rings is 1. The minimum atomic E-state index is -4.37. The van der Waals surface area contributed by atoms with E-state index < -0.39 is 11.7 Å². The Labute approximate surface area is 142 Å². The maximum atomic E-state index is 13.1. The molecule has 4 nitrogen and oxygen atoms in total. The van der Waals surface area contributed by atoms with Crippen LogP contribution in [0.5, 0.6) is 0 Å². The highest BCUT2D eigenvalue weighted by Crippen LogP contribution is 2.34. The zero-order valence-electron chi connectivity index (χ0n) is 14.6. The van der Waals surface area contributed by atoms with Crippen molar-refractivity contribution in [3.05, 3.63) is 29.3 Å². The van der Waals surface area contributed by atoms with E-state index >= 15 is 0 Å². The summed E-state index contributed by atoms with van der Waals surface area (Å²) in [6.45, 7) is 9.21. The molecule has 1 aromatic carbocycles. The standard InChI is InChI=1S/C15H23F3N4.C2H6/c16-15(17,18)14-10-13(20)3-2-12(14)11-22-8-6-21(7-9-22)5-1-4-19;1-2/h2-3,10H,1,4-9,11,19-20H2;1-2H3. The molecule has 0 unspecified atom stereocenters. The number of piperazine rings is 1. The van der Waals surface area contributed by atoms with Crippen molar-refractivity contribution in [1.29, 1.82) is 0 Å². The third kappa shape index (κ3) is 6.30. The van der Waals surface area contributed by atoms with Crippen molar-refractivity contribution in [2.45, 2.75) is 33.0 Å². The molecule has 1 saturated heterocycles. The average molecular weight is 346 g/mol. The summed E-state index contributed by atoms with van der Waals surface area (Å²) in [5.41, 5.74) is 10.8. The first-order chi connectivity index (χ1) is 11.4. The Bertz CT molecular complexity index is 483. The van der Waals surface area contributed by atoms with Gasteiger partial charge < -0.3 is 16.4 Å². The van der Waals surface area contributed by atoms with Gasteiger partial charge in [0.25, 0.3) is 0 Å². The van der Waals surface area contributed by atoms with Gasteiger partial charge in [0.2, 0.25) is 0 Å². The number of hydrogen-bond donors (Lipinski definition) is 2. The van der Waals surface area contributed by atoms with Crippen LogP contribution in [0.4, 0.5) is 18.9 Å². The van der Waals surface area contributed by atoms with Crippen LogP contribution in [0.1, 0.15) is 31.4 Å². The molecular formula is C17H29F3N4. The summed E-state index contributed by atoms with van der Waals surface area (Å²) in [6, 6.07) is 4.04. The molecule has 2 rings (SSSR count). The van der Waals surface area contributed by atoms with Gasteiger partial charge in [-0.2, -0.15) is 13.2 Å². The minimum Gasteiger partial charge on any atom is -0.399 e. The number of nitrogens with zero attached hydrogens (tertiary/aromatic N) is 2. The topological polar surface area (TPSA) is 58.5 Å². The minimum absolute atomic E-state index is 0.141. The molecule has 1 aliphatic heterocycles. The zero-order chi connectivity index (χ0) is 18.2. The van der Waals surface area contributed by atoms with Crippen LogP contribution in [0.25, 0.3) is 0 Å². The van der Waals surface area contributed by atoms with E-state index in [1.54, 1.807) is 0 Å². The molecule has 0 spiro atoms. The number of halogens is 3. The Kier molecular flexibility index (Phi) is 8.52. The first-order valence-corrected chi connectivity index (χ1v) is 8.50. The molecule has 0 amide bonds. The number of nitrogen functional groups attached to an aromatic ring is 1. The lowest BCUT2D eigenvalue weighted by atomic mass is 10.0. The van der Waals surface area contributed by atoms with E-state index in [4.69, 9.17) is 11.5 Å². The number of alkyl halides is 3. The largest absolute Gasteiger partial charge is 0.416 e. The van der Waals surface area contributed by atoms with Crippen LogP contribution in [0.2, 0.25) is 0 Å². The highest BCUT2D eigenvalue weighted by molar-refractivity contribution is 5.46. The summed E-state index contributed by atoms with van der Waals surface area (Å²) in [5.74, 6) is 0. The Morgan fingerprint density at radius 1 is 1.04 bits per heavy atom. The predicted molar refractivity (Wildman–Crippen MR) is 92.6 cm³/mol. The third-order valence-electron chi connectivity index (χ3n) is 3.98. The van der Waals surface area contributed by atoms with Crippen LogP contribution in [-0.4, -0.2) is 49.1 Å². The van der Waals surface area contributed by atoms with Gasteiger partial charge >= 0.3 is 6.18 Å². The summed E-state index contributed by atoms with van der Waals surface area (Å²) >= 11 is 0. The fourth-order valence-corrected chi connectivity index (χ4v) is 2.72. The number of rotatable bonds is 5. The molecule has 4 N–H and O–H groups in total. The Balaban J connectivity index is 0.00000139. The molecule has 1 fully saturated rings. The summed E-state index contributed by atoms with van der Waals surface area (Å²) in [7, 11) is 0. The normalized spacial score (nSPS) is 16.6. The molecule has 0 aliphatic carbocycles. The Hall–Kier alpha value is -1.31. The van der Waals surface area contributed by atoms with Crippen molar-refractivity contribution in [3.8, 4) is 0 Å². The van der Waals surface area contributed by atoms with Crippen LogP contribution < -0.4 is 11.5 Å². The number of hydrogen-bond acceptors (Lipinski definition) is 4. The predicted octanol–water partition coefficient (Wildman–Crippen LogP) is 2.78. The highest BCUT2D eigenvalue weighted by atomic mass is 19.4. The van der Waals surface area contributed by atoms with E-state index in [1.807, 2.05) is 13.8 Å². The quantitative estimate of drug-likeness (QED) is 0.805. The Morgan fingerprint density at radius 3 is 2.17 bits per heavy atom. The molecule has 0 atom stereocenters. The second kappa shape index (κ2) is 9.86. The van der Waals surface area contributed by atoms with E-state index in [0.717, 1.165) is 45.2 Å². The van der Waals surface area contributed by atoms with Gasteiger partial charge in [0.1, 0.15) is 0 Å². The third-order valence-corrected chi connectivity index (χ3v) is 3.98. The maximum Gasteiger partial charge on any atom is 0.416 e. The van der Waals surface area contributed by atoms with E-state index in [0.29, 0.717) is 13.1 Å². The molecule has 7 heteroatoms. The monoisotopic (exact) mass is 346 g/mol. The SMILES string of the molecule is CC.NCCCN1CCN(Cc2ccc(N)cc2C(F)(F)F)CC1. The van der Waals surface area contributed by atoms with Gasteiger partial charge in [0, 0.05) is 38.4 Å². The van der Waals surface area contributed by atoms with Crippen LogP contribution >= 0.6 is 0 Å². The van der Waals surface area contributed by atoms with Gasteiger partial charge in [0.15, 0.2) is 0 Å². The lowest BCUT2D eigenvalue weighted by Crippen LogP contribution is -2.46. The van der Waals surface area contributed by atoms with Gasteiger partial charge in [-0.25, -0.2) is 0 Å². The first-order valence-electron chi connectivity index (χ1n) is 8.50. The van der Waals surface area contributed by atoms with E-state index in [9.17, 15) is 13.2 Å². The van der Waals surface area contributed by atoms with Crippen LogP contribution in [0.15, 0.2) is 18.2 Å². The molecule has 138 valence electrons. The fraction of sp³-hybridized carbons (Fsp3) is 0.647. The number of nitrogens with two attached hydrogens (primary N) is 2. The van der Waals surface area contributed by atoms with Crippen molar-refractivity contribution in [2.75, 3.05) is 45.0 Å². The molecule has 1 aromatic rings. The van der Waals surface area contributed by atoms with Crippen molar-refractivity contribution in [2.24, 2.45) is 5.73 Å². The van der Waals surface area contributed by atoms with Gasteiger partial charge in [-0.05, 0) is 37.2 Å². The van der Waals surface area contributed by atoms with Gasteiger partial charge in [0.05, 0.1) is 5.56 Å². The van der Waals surface area contributed by atoms with E-state index in [2.05, 4.69) is 9.80 Å². The molecule has 0 aromatic heterocycles. The molecule has 0 saturated carbocycles. The average Bonchev–Trinajstić information content (AvgIpc) is 2.57. The zero-order valence-corrected chi connectivity index (χ0v) is 14.6. The van der Waals surface area contributed by atoms with Crippen LogP contribution in [0.3, 0.4) is 0 Å². The molecular weight excluding hydrogens is 317 g/mol. The van der Waals surface area contributed by atoms with Crippen LogP contribution in [0, 0.1) is 0 Å². The second-order valence-electron chi connectivity index (χ2n) is 5.67. The van der Waals surface area contributed by atoms with E-state index in [-0.39, 0.29) is 11.3 Å². The first kappa shape index (κ1) is 20.7. The maximum absolute atomic E-state index is 13.1. The number of anilines is 1. The van der Waals surface area contributed by atoms with Gasteiger partial charge in [-0.3, -0.25) is 4.90 Å². The van der Waals surface area contributed by atoms with Gasteiger partial charge in [-0.1, -0.05) is 19.9 Å². The summed E-state index contributed by atoms with van der Waals surface area (Å²) < 4.78 is 39.3. The summed E-state index contributed by atoms with van der Waals surface area (Å²) in [5, 5.41) is 0. The summed E-state index contributed by atoms with van der Waals surface area (Å²) in [6.07, 6.45) is -3.41. The molecule has 24 heavy (non-hydrogen) atoms. The Morgan fingerprint density at radius 2 is 1.62 bits per heavy atom. The van der Waals surface area contributed by atoms with Crippen molar-refractivity contribution < 1.29 is 13.2 Å². The smallest absolute Gasteiger partial charge is 0.399 e. The second-order valence-corrected chi connectivity index (χ2v) is 5.67. The molecule has 0 radical (unpaired) electrons. The van der Waals surface area contributed by atoms with Crippen molar-refractivity contribution in [3.63, 3.8) is 0 Å². The van der Waals surface area contributed by atoms with E-state index in [1.165, 1.54) is 12.1 Å². The summed E-state index contributed by atoms with van der Waals surface area (Å²) in [4.78, 5) is 4.36.